The topological polar surface area (TPSA) is 17.1 Å². The molecule has 1 fully saturated rings. The number of hydrogen-bond donors (Lipinski definition) is 0. The Morgan fingerprint density at radius 2 is 2.40 bits per heavy atom. The Bertz CT molecular complexity index is 191. The first-order valence-corrected chi connectivity index (χ1v) is 3.95. The quantitative estimate of drug-likeness (QED) is 0.529. The fraction of sp³-hybridized carbons (Fsp3) is 0.667. The van der Waals surface area contributed by atoms with Gasteiger partial charge in [-0.1, -0.05) is 11.1 Å². The van der Waals surface area contributed by atoms with E-state index >= 15 is 0 Å². The lowest BCUT2D eigenvalue weighted by molar-refractivity contribution is 0.542. The fourth-order valence-electron chi connectivity index (χ4n) is 2.20. The molecule has 2 bridgehead atoms. The molecule has 1 radical (unpaired) electrons. The van der Waals surface area contributed by atoms with Gasteiger partial charge in [0.2, 0.25) is 6.29 Å². The van der Waals surface area contributed by atoms with Crippen molar-refractivity contribution in [1.29, 1.82) is 0 Å². The molecule has 0 aromatic heterocycles. The molecule has 53 valence electrons. The van der Waals surface area contributed by atoms with Crippen LogP contribution < -0.4 is 0 Å². The standard InChI is InChI=1S/C9H11O/c10-4-3-9-6-7-1-2-8(9)5-7/h7H,1-3,5-6H2. The van der Waals surface area contributed by atoms with Crippen LogP contribution in [0.3, 0.4) is 0 Å². The molecule has 1 unspecified atom stereocenters. The highest BCUT2D eigenvalue weighted by atomic mass is 16.1. The van der Waals surface area contributed by atoms with Crippen molar-refractivity contribution >= 4 is 6.29 Å². The van der Waals surface area contributed by atoms with Crippen molar-refractivity contribution in [3.63, 3.8) is 0 Å². The number of carbonyl (C=O) groups excluding carboxylic acids is 1. The second-order valence-corrected chi connectivity index (χ2v) is 3.34. The molecule has 2 aliphatic rings. The summed E-state index contributed by atoms with van der Waals surface area (Å²) in [5.74, 6) is 0.901. The fourth-order valence-corrected chi connectivity index (χ4v) is 2.20. The van der Waals surface area contributed by atoms with E-state index in [0.717, 1.165) is 5.92 Å². The highest BCUT2D eigenvalue weighted by Gasteiger charge is 2.29. The minimum absolute atomic E-state index is 0.589. The average Bonchev–Trinajstić information content (AvgIpc) is 2.48. The minimum Gasteiger partial charge on any atom is -0.291 e. The summed E-state index contributed by atoms with van der Waals surface area (Å²) in [6.45, 7) is 0. The molecule has 0 heterocycles. The van der Waals surface area contributed by atoms with E-state index in [-0.39, 0.29) is 0 Å². The van der Waals surface area contributed by atoms with Gasteiger partial charge in [-0.2, -0.15) is 0 Å². The molecule has 0 amide bonds. The Hall–Kier alpha value is -0.590. The third kappa shape index (κ3) is 0.808. The zero-order valence-electron chi connectivity index (χ0n) is 6.02. The molecule has 10 heavy (non-hydrogen) atoms. The van der Waals surface area contributed by atoms with Crippen LogP contribution in [0.4, 0.5) is 0 Å². The second-order valence-electron chi connectivity index (χ2n) is 3.34. The Morgan fingerprint density at radius 3 is 2.90 bits per heavy atom. The summed E-state index contributed by atoms with van der Waals surface area (Å²) in [6, 6.07) is 0. The summed E-state index contributed by atoms with van der Waals surface area (Å²) in [7, 11) is 0. The third-order valence-corrected chi connectivity index (χ3v) is 2.71. The molecule has 0 aromatic rings. The lowest BCUT2D eigenvalue weighted by Gasteiger charge is -2.07. The van der Waals surface area contributed by atoms with E-state index < -0.39 is 0 Å². The Labute approximate surface area is 61.1 Å². The van der Waals surface area contributed by atoms with Crippen LogP contribution in [0.15, 0.2) is 11.1 Å². The Kier molecular flexibility index (Phi) is 1.37. The lowest BCUT2D eigenvalue weighted by Crippen LogP contribution is -1.94. The van der Waals surface area contributed by atoms with Gasteiger partial charge in [-0.15, -0.1) is 0 Å². The van der Waals surface area contributed by atoms with E-state index in [1.54, 1.807) is 5.57 Å². The number of hydrogen-bond acceptors (Lipinski definition) is 1. The van der Waals surface area contributed by atoms with Crippen LogP contribution in [0.25, 0.3) is 0 Å². The van der Waals surface area contributed by atoms with Gasteiger partial charge in [0.1, 0.15) is 0 Å². The predicted molar refractivity (Wildman–Crippen MR) is 39.3 cm³/mol. The smallest absolute Gasteiger partial charge is 0.202 e. The van der Waals surface area contributed by atoms with Crippen molar-refractivity contribution < 1.29 is 4.79 Å². The Morgan fingerprint density at radius 1 is 1.50 bits per heavy atom. The molecule has 0 aromatic carbocycles. The monoisotopic (exact) mass is 135 g/mol. The molecule has 2 rings (SSSR count). The zero-order valence-corrected chi connectivity index (χ0v) is 6.02. The zero-order chi connectivity index (χ0) is 6.97. The van der Waals surface area contributed by atoms with Gasteiger partial charge >= 0.3 is 0 Å². The van der Waals surface area contributed by atoms with E-state index in [4.69, 9.17) is 0 Å². The molecule has 0 aliphatic heterocycles. The van der Waals surface area contributed by atoms with E-state index in [0.29, 0.717) is 6.42 Å². The van der Waals surface area contributed by atoms with Gasteiger partial charge < -0.3 is 0 Å². The molecule has 1 nitrogen and oxygen atoms in total. The van der Waals surface area contributed by atoms with Crippen molar-refractivity contribution in [2.45, 2.75) is 32.1 Å². The number of allylic oxidation sites excluding steroid dienone is 2. The van der Waals surface area contributed by atoms with Crippen LogP contribution in [-0.4, -0.2) is 6.29 Å². The molecular weight excluding hydrogens is 124 g/mol. The maximum atomic E-state index is 10.1. The van der Waals surface area contributed by atoms with E-state index in [2.05, 4.69) is 0 Å². The van der Waals surface area contributed by atoms with Gasteiger partial charge in [-0.3, -0.25) is 4.79 Å². The molecule has 0 saturated heterocycles. The van der Waals surface area contributed by atoms with Crippen molar-refractivity contribution in [1.82, 2.24) is 0 Å². The molecular formula is C9H11O. The van der Waals surface area contributed by atoms with E-state index in [1.807, 2.05) is 6.29 Å². The number of rotatable bonds is 2. The van der Waals surface area contributed by atoms with Crippen LogP contribution in [0.1, 0.15) is 32.1 Å². The summed E-state index contributed by atoms with van der Waals surface area (Å²) in [4.78, 5) is 10.1. The van der Waals surface area contributed by atoms with Crippen LogP contribution in [0.2, 0.25) is 0 Å². The molecule has 0 N–H and O–H groups in total. The van der Waals surface area contributed by atoms with Crippen molar-refractivity contribution in [2.75, 3.05) is 0 Å². The summed E-state index contributed by atoms with van der Waals surface area (Å²) >= 11 is 0. The van der Waals surface area contributed by atoms with E-state index in [1.165, 1.54) is 31.3 Å². The number of fused-ring (bicyclic) bond motifs is 2. The first kappa shape index (κ1) is 6.14. The molecule has 1 atom stereocenters. The lowest BCUT2D eigenvalue weighted by atomic mass is 9.97. The largest absolute Gasteiger partial charge is 0.291 e. The first-order valence-electron chi connectivity index (χ1n) is 3.95. The predicted octanol–water partition coefficient (Wildman–Crippen LogP) is 1.99. The summed E-state index contributed by atoms with van der Waals surface area (Å²) in [5, 5.41) is 0. The molecule has 0 spiro atoms. The van der Waals surface area contributed by atoms with Crippen molar-refractivity contribution in [3.05, 3.63) is 11.1 Å². The molecule has 1 heteroatoms. The second kappa shape index (κ2) is 2.22. The van der Waals surface area contributed by atoms with Crippen LogP contribution >= 0.6 is 0 Å². The molecule has 1 saturated carbocycles. The summed E-state index contributed by atoms with van der Waals surface area (Å²) in [6.07, 6.45) is 7.70. The van der Waals surface area contributed by atoms with Gasteiger partial charge in [0.15, 0.2) is 0 Å². The van der Waals surface area contributed by atoms with Crippen LogP contribution in [-0.2, 0) is 4.79 Å². The highest BCUT2D eigenvalue weighted by molar-refractivity contribution is 5.56. The summed E-state index contributed by atoms with van der Waals surface area (Å²) < 4.78 is 0. The van der Waals surface area contributed by atoms with Gasteiger partial charge in [0.05, 0.1) is 0 Å². The van der Waals surface area contributed by atoms with Gasteiger partial charge in [-0.25, -0.2) is 0 Å². The maximum Gasteiger partial charge on any atom is 0.202 e. The van der Waals surface area contributed by atoms with Crippen molar-refractivity contribution in [3.8, 4) is 0 Å². The van der Waals surface area contributed by atoms with Crippen LogP contribution in [0, 0.1) is 5.92 Å². The Balaban J connectivity index is 2.14. The average molecular weight is 135 g/mol. The van der Waals surface area contributed by atoms with Gasteiger partial charge in [0.25, 0.3) is 0 Å². The third-order valence-electron chi connectivity index (χ3n) is 2.71. The van der Waals surface area contributed by atoms with Crippen LogP contribution in [0.5, 0.6) is 0 Å². The maximum absolute atomic E-state index is 10.1. The molecule has 2 aliphatic carbocycles. The van der Waals surface area contributed by atoms with Crippen molar-refractivity contribution in [2.24, 2.45) is 5.92 Å². The summed E-state index contributed by atoms with van der Waals surface area (Å²) in [5.41, 5.74) is 2.99. The van der Waals surface area contributed by atoms with E-state index in [9.17, 15) is 4.79 Å². The minimum atomic E-state index is 0.589. The SMILES string of the molecule is O=[C]CC1=C2CCC(C1)C2. The first-order chi connectivity index (χ1) is 4.90. The normalized spacial score (nSPS) is 29.8. The van der Waals surface area contributed by atoms with Gasteiger partial charge in [0, 0.05) is 6.42 Å². The van der Waals surface area contributed by atoms with Gasteiger partial charge in [-0.05, 0) is 31.6 Å². The highest BCUT2D eigenvalue weighted by Crippen LogP contribution is 2.44.